The van der Waals surface area contributed by atoms with Crippen molar-refractivity contribution in [2.75, 3.05) is 12.4 Å². The second-order valence-corrected chi connectivity index (χ2v) is 6.37. The zero-order valence-corrected chi connectivity index (χ0v) is 13.4. The van der Waals surface area contributed by atoms with Crippen LogP contribution in [0.25, 0.3) is 10.8 Å². The zero-order valence-electron chi connectivity index (χ0n) is 12.6. The summed E-state index contributed by atoms with van der Waals surface area (Å²) in [6, 6.07) is 21.0. The van der Waals surface area contributed by atoms with Crippen LogP contribution in [-0.2, 0) is 0 Å². The minimum Gasteiger partial charge on any atom is -0.508 e. The van der Waals surface area contributed by atoms with Crippen LogP contribution >= 0.6 is 11.8 Å². The molecule has 23 heavy (non-hydrogen) atoms. The van der Waals surface area contributed by atoms with Crippen molar-refractivity contribution in [3.05, 3.63) is 66.7 Å². The number of hydrogen-bond donors (Lipinski definition) is 2. The molecule has 3 aromatic carbocycles. The van der Waals surface area contributed by atoms with Crippen LogP contribution in [0.5, 0.6) is 11.5 Å². The predicted molar refractivity (Wildman–Crippen MR) is 94.3 cm³/mol. The minimum absolute atomic E-state index is 0.245. The lowest BCUT2D eigenvalue weighted by atomic mass is 10.1. The third-order valence-corrected chi connectivity index (χ3v) is 4.60. The number of benzene rings is 3. The van der Waals surface area contributed by atoms with E-state index in [1.54, 1.807) is 12.1 Å². The second kappa shape index (κ2) is 7.40. The quantitative estimate of drug-likeness (QED) is 0.670. The fraction of sp³-hybridized carbons (Fsp3) is 0.158. The Morgan fingerprint density at radius 1 is 0.913 bits per heavy atom. The Morgan fingerprint density at radius 3 is 2.43 bits per heavy atom. The van der Waals surface area contributed by atoms with Crippen LogP contribution in [0.1, 0.15) is 0 Å². The number of phenols is 1. The van der Waals surface area contributed by atoms with E-state index in [4.69, 9.17) is 4.74 Å². The summed E-state index contributed by atoms with van der Waals surface area (Å²) in [4.78, 5) is 1.01. The molecule has 118 valence electrons. The highest BCUT2D eigenvalue weighted by Crippen LogP contribution is 2.23. The van der Waals surface area contributed by atoms with E-state index in [1.165, 1.54) is 17.1 Å². The highest BCUT2D eigenvalue weighted by Gasteiger charge is 2.07. The summed E-state index contributed by atoms with van der Waals surface area (Å²) in [6.07, 6.45) is -0.555. The Kier molecular flexibility index (Phi) is 5.05. The van der Waals surface area contributed by atoms with Gasteiger partial charge in [0, 0.05) is 10.6 Å². The zero-order chi connectivity index (χ0) is 16.1. The van der Waals surface area contributed by atoms with Crippen LogP contribution < -0.4 is 4.74 Å². The van der Waals surface area contributed by atoms with Gasteiger partial charge < -0.3 is 14.9 Å². The maximum Gasteiger partial charge on any atom is 0.120 e. The molecule has 0 aromatic heterocycles. The van der Waals surface area contributed by atoms with Gasteiger partial charge in [-0.15, -0.1) is 11.8 Å². The van der Waals surface area contributed by atoms with Gasteiger partial charge in [-0.2, -0.15) is 0 Å². The maximum absolute atomic E-state index is 10.0. The van der Waals surface area contributed by atoms with Gasteiger partial charge in [0.25, 0.3) is 0 Å². The molecule has 0 amide bonds. The molecule has 3 aromatic rings. The molecule has 0 saturated heterocycles. The number of aromatic hydroxyl groups is 1. The molecule has 2 N–H and O–H groups in total. The van der Waals surface area contributed by atoms with Crippen molar-refractivity contribution >= 4 is 22.5 Å². The number of aliphatic hydroxyl groups is 1. The monoisotopic (exact) mass is 326 g/mol. The Bertz CT molecular complexity index is 771. The molecule has 0 aliphatic carbocycles. The van der Waals surface area contributed by atoms with E-state index < -0.39 is 6.10 Å². The van der Waals surface area contributed by atoms with E-state index in [0.29, 0.717) is 5.75 Å². The van der Waals surface area contributed by atoms with Gasteiger partial charge in [-0.1, -0.05) is 30.3 Å². The molecule has 0 aliphatic rings. The molecule has 0 heterocycles. The maximum atomic E-state index is 10.0. The second-order valence-electron chi connectivity index (χ2n) is 5.28. The molecular formula is C19H18O3S. The fourth-order valence-corrected chi connectivity index (χ4v) is 3.04. The van der Waals surface area contributed by atoms with Crippen molar-refractivity contribution in [1.82, 2.24) is 0 Å². The first-order chi connectivity index (χ1) is 11.2. The number of aliphatic hydroxyl groups excluding tert-OH is 1. The molecule has 0 aliphatic heterocycles. The normalized spacial score (nSPS) is 12.2. The van der Waals surface area contributed by atoms with Crippen molar-refractivity contribution in [2.24, 2.45) is 0 Å². The van der Waals surface area contributed by atoms with E-state index in [1.807, 2.05) is 48.5 Å². The lowest BCUT2D eigenvalue weighted by molar-refractivity contribution is 0.126. The van der Waals surface area contributed by atoms with E-state index in [-0.39, 0.29) is 12.4 Å². The molecule has 1 atom stereocenters. The van der Waals surface area contributed by atoms with E-state index >= 15 is 0 Å². The van der Waals surface area contributed by atoms with Gasteiger partial charge in [-0.25, -0.2) is 0 Å². The summed E-state index contributed by atoms with van der Waals surface area (Å²) in [5.74, 6) is 1.55. The first-order valence-electron chi connectivity index (χ1n) is 7.42. The summed E-state index contributed by atoms with van der Waals surface area (Å²) < 4.78 is 5.68. The number of fused-ring (bicyclic) bond motifs is 1. The largest absolute Gasteiger partial charge is 0.508 e. The number of phenolic OH excluding ortho intramolecular Hbond substituents is 1. The van der Waals surface area contributed by atoms with Crippen molar-refractivity contribution in [1.29, 1.82) is 0 Å². The van der Waals surface area contributed by atoms with Crippen LogP contribution in [0.4, 0.5) is 0 Å². The average molecular weight is 326 g/mol. The lowest BCUT2D eigenvalue weighted by Crippen LogP contribution is -2.20. The molecule has 3 nitrogen and oxygen atoms in total. The van der Waals surface area contributed by atoms with Gasteiger partial charge in [0.05, 0.1) is 6.10 Å². The number of thioether (sulfide) groups is 1. The predicted octanol–water partition coefficient (Wildman–Crippen LogP) is 4.08. The van der Waals surface area contributed by atoms with E-state index in [2.05, 4.69) is 6.07 Å². The molecule has 4 heteroatoms. The molecule has 0 fully saturated rings. The molecule has 0 spiro atoms. The van der Waals surface area contributed by atoms with E-state index in [9.17, 15) is 10.2 Å². The molecule has 3 rings (SSSR count). The van der Waals surface area contributed by atoms with Crippen LogP contribution in [0.15, 0.2) is 71.6 Å². The van der Waals surface area contributed by atoms with Crippen molar-refractivity contribution in [3.63, 3.8) is 0 Å². The molecular weight excluding hydrogens is 308 g/mol. The number of hydrogen-bond acceptors (Lipinski definition) is 4. The minimum atomic E-state index is -0.555. The smallest absolute Gasteiger partial charge is 0.120 e. The van der Waals surface area contributed by atoms with Gasteiger partial charge in [0.15, 0.2) is 0 Å². The van der Waals surface area contributed by atoms with Crippen molar-refractivity contribution in [2.45, 2.75) is 11.0 Å². The summed E-state index contributed by atoms with van der Waals surface area (Å²) in [7, 11) is 0. The fourth-order valence-electron chi connectivity index (χ4n) is 2.23. The first kappa shape index (κ1) is 15.7. The molecule has 0 saturated carbocycles. The molecule has 1 unspecified atom stereocenters. The Balaban J connectivity index is 1.51. The Morgan fingerprint density at radius 2 is 1.65 bits per heavy atom. The van der Waals surface area contributed by atoms with E-state index in [0.717, 1.165) is 16.0 Å². The Hall–Kier alpha value is -2.17. The summed E-state index contributed by atoms with van der Waals surface area (Å²) in [5.41, 5.74) is 0. The molecule has 0 radical (unpaired) electrons. The van der Waals surface area contributed by atoms with Crippen molar-refractivity contribution < 1.29 is 14.9 Å². The number of rotatable bonds is 6. The standard InChI is InChI=1S/C19H18O3S/c20-16-6-9-19(10-7-16)23-13-17(21)12-22-18-8-5-14-3-1-2-4-15(14)11-18/h1-11,17,20-21H,12-13H2. The first-order valence-corrected chi connectivity index (χ1v) is 8.41. The summed E-state index contributed by atoms with van der Waals surface area (Å²) >= 11 is 1.53. The van der Waals surface area contributed by atoms with Crippen LogP contribution in [0, 0.1) is 0 Å². The average Bonchev–Trinajstić information content (AvgIpc) is 2.59. The van der Waals surface area contributed by atoms with Gasteiger partial charge in [0.1, 0.15) is 18.1 Å². The highest BCUT2D eigenvalue weighted by molar-refractivity contribution is 7.99. The van der Waals surface area contributed by atoms with Crippen molar-refractivity contribution in [3.8, 4) is 11.5 Å². The SMILES string of the molecule is Oc1ccc(SCC(O)COc2ccc3ccccc3c2)cc1. The van der Waals surface area contributed by atoms with Crippen LogP contribution in [0.3, 0.4) is 0 Å². The summed E-state index contributed by atoms with van der Waals surface area (Å²) in [6.45, 7) is 0.253. The number of ether oxygens (including phenoxy) is 1. The lowest BCUT2D eigenvalue weighted by Gasteiger charge is -2.12. The topological polar surface area (TPSA) is 49.7 Å². The van der Waals surface area contributed by atoms with Crippen LogP contribution in [0.2, 0.25) is 0 Å². The van der Waals surface area contributed by atoms with Gasteiger partial charge in [0.2, 0.25) is 0 Å². The van der Waals surface area contributed by atoms with Gasteiger partial charge in [-0.3, -0.25) is 0 Å². The highest BCUT2D eigenvalue weighted by atomic mass is 32.2. The van der Waals surface area contributed by atoms with Crippen LogP contribution in [-0.4, -0.2) is 28.7 Å². The Labute approximate surface area is 139 Å². The third kappa shape index (κ3) is 4.41. The summed E-state index contributed by atoms with van der Waals surface area (Å²) in [5, 5.41) is 21.6. The van der Waals surface area contributed by atoms with Gasteiger partial charge in [-0.05, 0) is 47.2 Å². The molecule has 0 bridgehead atoms. The van der Waals surface area contributed by atoms with Gasteiger partial charge >= 0.3 is 0 Å². The third-order valence-electron chi connectivity index (χ3n) is 3.44.